The lowest BCUT2D eigenvalue weighted by Gasteiger charge is -2.13. The maximum absolute atomic E-state index is 12.0. The summed E-state index contributed by atoms with van der Waals surface area (Å²) in [5.74, 6) is -3.29. The molecule has 0 aromatic carbocycles. The predicted molar refractivity (Wildman–Crippen MR) is 87.9 cm³/mol. The van der Waals surface area contributed by atoms with Crippen LogP contribution in [-0.4, -0.2) is 41.2 Å². The van der Waals surface area contributed by atoms with Gasteiger partial charge in [0.25, 0.3) is 0 Å². The normalized spacial score (nSPS) is 15.2. The van der Waals surface area contributed by atoms with E-state index < -0.39 is 30.7 Å². The van der Waals surface area contributed by atoms with Gasteiger partial charge in [-0.25, -0.2) is 4.99 Å². The molecule has 0 saturated heterocycles. The first-order valence-electron chi connectivity index (χ1n) is 8.43. The Morgan fingerprint density at radius 3 is 2.25 bits per heavy atom. The number of aliphatic hydroxyl groups excluding tert-OH is 2. The first-order valence-corrected chi connectivity index (χ1v) is 8.43. The first kappa shape index (κ1) is 22.8. The Hall–Kier alpha value is -1.21. The van der Waals surface area contributed by atoms with E-state index in [1.54, 1.807) is 6.08 Å². The third kappa shape index (κ3) is 11.3. The number of carbonyl (C=O) groups excluding carboxylic acids is 1. The number of allylic oxidation sites excluding steroid dienone is 1. The van der Waals surface area contributed by atoms with Crippen LogP contribution in [0.1, 0.15) is 58.3 Å². The molecule has 2 unspecified atom stereocenters. The van der Waals surface area contributed by atoms with Crippen molar-refractivity contribution in [2.75, 3.05) is 6.61 Å². The Balaban J connectivity index is 4.06. The summed E-state index contributed by atoms with van der Waals surface area (Å²) in [5, 5.41) is 18.9. The number of amides is 1. The lowest BCUT2D eigenvalue weighted by Crippen LogP contribution is -2.26. The van der Waals surface area contributed by atoms with Crippen molar-refractivity contribution in [3.05, 3.63) is 12.2 Å². The van der Waals surface area contributed by atoms with E-state index in [0.29, 0.717) is 6.21 Å². The van der Waals surface area contributed by atoms with Gasteiger partial charge in [0.2, 0.25) is 0 Å². The van der Waals surface area contributed by atoms with Gasteiger partial charge in [0.15, 0.2) is 0 Å². The van der Waals surface area contributed by atoms with Crippen LogP contribution >= 0.6 is 0 Å². The Morgan fingerprint density at radius 2 is 1.71 bits per heavy atom. The van der Waals surface area contributed by atoms with E-state index in [4.69, 9.17) is 5.11 Å². The van der Waals surface area contributed by atoms with Crippen molar-refractivity contribution in [3.8, 4) is 0 Å². The minimum Gasteiger partial charge on any atom is -0.396 e. The van der Waals surface area contributed by atoms with Gasteiger partial charge in [-0.1, -0.05) is 57.6 Å². The quantitative estimate of drug-likeness (QED) is 0.319. The highest BCUT2D eigenvalue weighted by atomic mass is 19.4. The van der Waals surface area contributed by atoms with Crippen LogP contribution in [0, 0.1) is 5.92 Å². The molecular formula is C17H28F3NO3. The van der Waals surface area contributed by atoms with E-state index >= 15 is 0 Å². The average Bonchev–Trinajstić information content (AvgIpc) is 2.52. The molecule has 0 saturated carbocycles. The van der Waals surface area contributed by atoms with Crippen LogP contribution in [0.2, 0.25) is 0 Å². The summed E-state index contributed by atoms with van der Waals surface area (Å²) >= 11 is 0. The van der Waals surface area contributed by atoms with Crippen LogP contribution in [0.15, 0.2) is 17.1 Å². The van der Waals surface area contributed by atoms with E-state index in [-0.39, 0.29) is 0 Å². The van der Waals surface area contributed by atoms with E-state index in [1.165, 1.54) is 38.2 Å². The molecule has 0 aliphatic rings. The second kappa shape index (κ2) is 13.1. The number of carbonyl (C=O) groups is 1. The lowest BCUT2D eigenvalue weighted by molar-refractivity contribution is -0.169. The standard InChI is InChI=1S/C17H28F3NO3/c1-2-3-4-5-6-7-8-9-10-11-15(23)14(13-22)12-21-16(24)17(18,19)20/h10-12,14-15,22-23H,2-9,13H2,1H3/b11-10+,21-12+. The second-order valence-corrected chi connectivity index (χ2v) is 5.76. The number of unbranched alkanes of at least 4 members (excludes halogenated alkanes) is 7. The van der Waals surface area contributed by atoms with Gasteiger partial charge in [-0.3, -0.25) is 4.79 Å². The molecule has 0 spiro atoms. The van der Waals surface area contributed by atoms with E-state index in [9.17, 15) is 23.1 Å². The van der Waals surface area contributed by atoms with Crippen molar-refractivity contribution < 1.29 is 28.2 Å². The second-order valence-electron chi connectivity index (χ2n) is 5.76. The maximum Gasteiger partial charge on any atom is 0.473 e. The highest BCUT2D eigenvalue weighted by Gasteiger charge is 2.38. The summed E-state index contributed by atoms with van der Waals surface area (Å²) in [4.78, 5) is 13.4. The molecule has 0 fully saturated rings. The fraction of sp³-hybridized carbons (Fsp3) is 0.765. The number of nitrogens with zero attached hydrogens (tertiary/aromatic N) is 1. The zero-order valence-electron chi connectivity index (χ0n) is 14.1. The van der Waals surface area contributed by atoms with Gasteiger partial charge in [0.1, 0.15) is 0 Å². The maximum atomic E-state index is 12.0. The Morgan fingerprint density at radius 1 is 1.12 bits per heavy atom. The molecule has 0 aromatic heterocycles. The minimum absolute atomic E-state index is 0.600. The van der Waals surface area contributed by atoms with Gasteiger partial charge < -0.3 is 10.2 Å². The number of hydrogen-bond acceptors (Lipinski definition) is 3. The fourth-order valence-corrected chi connectivity index (χ4v) is 2.08. The Labute approximate surface area is 141 Å². The molecule has 24 heavy (non-hydrogen) atoms. The largest absolute Gasteiger partial charge is 0.473 e. The molecule has 0 aliphatic heterocycles. The third-order valence-electron chi connectivity index (χ3n) is 3.58. The van der Waals surface area contributed by atoms with Gasteiger partial charge in [-0.15, -0.1) is 0 Å². The number of aliphatic imine (C=N–C) groups is 1. The van der Waals surface area contributed by atoms with Crippen LogP contribution in [0.3, 0.4) is 0 Å². The topological polar surface area (TPSA) is 69.9 Å². The van der Waals surface area contributed by atoms with Crippen LogP contribution in [0.5, 0.6) is 0 Å². The monoisotopic (exact) mass is 351 g/mol. The molecule has 4 nitrogen and oxygen atoms in total. The van der Waals surface area contributed by atoms with Crippen molar-refractivity contribution >= 4 is 12.1 Å². The molecule has 7 heteroatoms. The van der Waals surface area contributed by atoms with E-state index in [0.717, 1.165) is 19.3 Å². The van der Waals surface area contributed by atoms with Crippen molar-refractivity contribution in [2.24, 2.45) is 10.9 Å². The van der Waals surface area contributed by atoms with Crippen LogP contribution < -0.4 is 0 Å². The molecule has 140 valence electrons. The van der Waals surface area contributed by atoms with Crippen LogP contribution in [0.25, 0.3) is 0 Å². The Bertz CT molecular complexity index is 395. The molecule has 1 amide bonds. The molecule has 0 heterocycles. The van der Waals surface area contributed by atoms with Crippen LogP contribution in [0.4, 0.5) is 13.2 Å². The lowest BCUT2D eigenvalue weighted by atomic mass is 10.0. The van der Waals surface area contributed by atoms with Gasteiger partial charge >= 0.3 is 12.1 Å². The van der Waals surface area contributed by atoms with Crippen LogP contribution in [-0.2, 0) is 4.79 Å². The number of aliphatic hydroxyl groups is 2. The minimum atomic E-state index is -5.05. The molecule has 0 aromatic rings. The van der Waals surface area contributed by atoms with Crippen molar-refractivity contribution in [1.29, 1.82) is 0 Å². The summed E-state index contributed by atoms with van der Waals surface area (Å²) in [7, 11) is 0. The predicted octanol–water partition coefficient (Wildman–Crippen LogP) is 3.81. The van der Waals surface area contributed by atoms with Crippen molar-refractivity contribution in [1.82, 2.24) is 0 Å². The van der Waals surface area contributed by atoms with E-state index in [1.807, 2.05) is 0 Å². The smallest absolute Gasteiger partial charge is 0.396 e. The third-order valence-corrected chi connectivity index (χ3v) is 3.58. The number of alkyl halides is 3. The molecule has 0 aliphatic carbocycles. The summed E-state index contributed by atoms with van der Waals surface area (Å²) in [5.41, 5.74) is 0. The first-order chi connectivity index (χ1) is 11.3. The highest BCUT2D eigenvalue weighted by Crippen LogP contribution is 2.16. The zero-order valence-corrected chi connectivity index (χ0v) is 14.1. The fourth-order valence-electron chi connectivity index (χ4n) is 2.08. The van der Waals surface area contributed by atoms with Crippen molar-refractivity contribution in [2.45, 2.75) is 70.6 Å². The summed E-state index contributed by atoms with van der Waals surface area (Å²) in [6.45, 7) is 1.57. The zero-order chi connectivity index (χ0) is 18.4. The molecule has 2 atom stereocenters. The molecular weight excluding hydrogens is 323 g/mol. The van der Waals surface area contributed by atoms with Gasteiger partial charge in [-0.2, -0.15) is 13.2 Å². The van der Waals surface area contributed by atoms with Gasteiger partial charge in [0.05, 0.1) is 12.7 Å². The molecule has 0 radical (unpaired) electrons. The van der Waals surface area contributed by atoms with Gasteiger partial charge in [-0.05, 0) is 12.8 Å². The molecule has 0 rings (SSSR count). The molecule has 0 bridgehead atoms. The average molecular weight is 351 g/mol. The van der Waals surface area contributed by atoms with Gasteiger partial charge in [0, 0.05) is 12.1 Å². The number of hydrogen-bond donors (Lipinski definition) is 2. The summed E-state index contributed by atoms with van der Waals surface area (Å²) in [6, 6.07) is 0. The summed E-state index contributed by atoms with van der Waals surface area (Å²) in [6.07, 6.45) is 6.50. The highest BCUT2D eigenvalue weighted by molar-refractivity contribution is 5.89. The number of halogens is 3. The Kier molecular flexibility index (Phi) is 12.5. The summed E-state index contributed by atoms with van der Waals surface area (Å²) < 4.78 is 36.1. The number of rotatable bonds is 12. The van der Waals surface area contributed by atoms with E-state index in [2.05, 4.69) is 11.9 Å². The SMILES string of the molecule is CCCCCCCCC/C=C/C(O)C(/C=N/C(=O)C(F)(F)F)CO. The molecule has 2 N–H and O–H groups in total. The van der Waals surface area contributed by atoms with Crippen molar-refractivity contribution in [3.63, 3.8) is 0 Å².